The lowest BCUT2D eigenvalue weighted by Gasteiger charge is -2.08. The lowest BCUT2D eigenvalue weighted by atomic mass is 10.3. The van der Waals surface area contributed by atoms with Crippen molar-refractivity contribution >= 4 is 27.3 Å². The average Bonchev–Trinajstić information content (AvgIpc) is 3.29. The highest BCUT2D eigenvalue weighted by Crippen LogP contribution is 2.25. The summed E-state index contributed by atoms with van der Waals surface area (Å²) in [6.45, 7) is -0.439. The van der Waals surface area contributed by atoms with Crippen LogP contribution in [0.5, 0.6) is 5.75 Å². The molecule has 34 heavy (non-hydrogen) atoms. The molecule has 0 aliphatic carbocycles. The summed E-state index contributed by atoms with van der Waals surface area (Å²) >= 11 is 0. The van der Waals surface area contributed by atoms with Gasteiger partial charge < -0.3 is 19.9 Å². The van der Waals surface area contributed by atoms with Crippen LogP contribution in [0.15, 0.2) is 64.0 Å². The van der Waals surface area contributed by atoms with E-state index in [9.17, 15) is 28.1 Å². The highest BCUT2D eigenvalue weighted by Gasteiger charge is 2.21. The molecule has 178 valence electrons. The zero-order valence-electron chi connectivity index (χ0n) is 17.5. The number of aromatic nitrogens is 2. The van der Waals surface area contributed by atoms with Gasteiger partial charge in [0.2, 0.25) is 0 Å². The maximum atomic E-state index is 12.3. The lowest BCUT2D eigenvalue weighted by molar-refractivity contribution is -0.385. The molecule has 0 fully saturated rings. The molecule has 0 saturated carbocycles. The summed E-state index contributed by atoms with van der Waals surface area (Å²) in [7, 11) is -3.70. The number of amides is 2. The van der Waals surface area contributed by atoms with Gasteiger partial charge in [0.05, 0.1) is 9.82 Å². The van der Waals surface area contributed by atoms with Crippen LogP contribution >= 0.6 is 0 Å². The van der Waals surface area contributed by atoms with Gasteiger partial charge in [-0.25, -0.2) is 8.42 Å². The second-order valence-corrected chi connectivity index (χ2v) is 8.70. The van der Waals surface area contributed by atoms with E-state index in [-0.39, 0.29) is 35.2 Å². The quantitative estimate of drug-likeness (QED) is 0.223. The zero-order valence-corrected chi connectivity index (χ0v) is 18.4. The number of nitrogens with one attached hydrogen (secondary N) is 2. The molecule has 14 heteroatoms. The van der Waals surface area contributed by atoms with Gasteiger partial charge >= 0.3 is 17.5 Å². The van der Waals surface area contributed by atoms with Gasteiger partial charge in [-0.2, -0.15) is 4.98 Å². The van der Waals surface area contributed by atoms with E-state index < -0.39 is 44.8 Å². The Hall–Kier alpha value is -4.33. The number of nitrogens with zero attached hydrogens (tertiary/aromatic N) is 3. The maximum absolute atomic E-state index is 12.3. The molecule has 2 N–H and O–H groups in total. The van der Waals surface area contributed by atoms with E-state index in [0.717, 1.165) is 0 Å². The summed E-state index contributed by atoms with van der Waals surface area (Å²) in [4.78, 5) is 38.1. The largest absolute Gasteiger partial charge is 0.477 e. The second-order valence-electron chi connectivity index (χ2n) is 6.71. The van der Waals surface area contributed by atoms with E-state index in [2.05, 4.69) is 20.8 Å². The van der Waals surface area contributed by atoms with E-state index in [1.807, 2.05) is 0 Å². The van der Waals surface area contributed by atoms with Crippen molar-refractivity contribution in [2.45, 2.75) is 10.6 Å². The molecule has 3 aromatic rings. The van der Waals surface area contributed by atoms with Crippen molar-refractivity contribution in [1.82, 2.24) is 20.8 Å². The number of para-hydroxylation sites is 2. The van der Waals surface area contributed by atoms with Gasteiger partial charge in [-0.05, 0) is 18.2 Å². The van der Waals surface area contributed by atoms with Crippen molar-refractivity contribution in [3.8, 4) is 5.75 Å². The van der Waals surface area contributed by atoms with Crippen LogP contribution in [-0.4, -0.2) is 55.0 Å². The van der Waals surface area contributed by atoms with Gasteiger partial charge in [0.25, 0.3) is 5.91 Å². The third kappa shape index (κ3) is 6.59. The number of hydrogen-bond acceptors (Lipinski definition) is 10. The van der Waals surface area contributed by atoms with E-state index in [1.54, 1.807) is 18.2 Å². The zero-order chi connectivity index (χ0) is 24.6. The van der Waals surface area contributed by atoms with Gasteiger partial charge in [0.1, 0.15) is 5.75 Å². The van der Waals surface area contributed by atoms with E-state index in [1.165, 1.54) is 36.4 Å². The van der Waals surface area contributed by atoms with Crippen molar-refractivity contribution in [1.29, 1.82) is 0 Å². The topological polar surface area (TPSA) is 184 Å². The first-order valence-electron chi connectivity index (χ1n) is 9.78. The minimum absolute atomic E-state index is 0.00388. The Morgan fingerprint density at radius 2 is 1.71 bits per heavy atom. The van der Waals surface area contributed by atoms with Crippen molar-refractivity contribution in [2.75, 3.05) is 19.7 Å². The Morgan fingerprint density at radius 3 is 2.44 bits per heavy atom. The molecular weight excluding hydrogens is 470 g/mol. The normalized spacial score (nSPS) is 10.9. The molecule has 0 unspecified atom stereocenters. The van der Waals surface area contributed by atoms with Crippen LogP contribution < -0.4 is 15.4 Å². The SMILES string of the molecule is O=C(COc1ccccc1[N+](=O)[O-])NCCNC(=O)c1nc(CS(=O)(=O)c2ccccc2)no1. The summed E-state index contributed by atoms with van der Waals surface area (Å²) in [5.41, 5.74) is -0.266. The molecule has 13 nitrogen and oxygen atoms in total. The fourth-order valence-electron chi connectivity index (χ4n) is 2.66. The fourth-order valence-corrected chi connectivity index (χ4v) is 3.86. The van der Waals surface area contributed by atoms with Gasteiger partial charge in [-0.1, -0.05) is 35.5 Å². The standard InChI is InChI=1S/C20H19N5O8S/c26-18(12-32-16-9-5-4-8-15(16)25(28)29)21-10-11-22-19(27)20-23-17(24-33-20)13-34(30,31)14-6-2-1-3-7-14/h1-9H,10-13H2,(H,21,26)(H,22,27). The second kappa shape index (κ2) is 11.0. The smallest absolute Gasteiger partial charge is 0.315 e. The highest BCUT2D eigenvalue weighted by atomic mass is 32.2. The van der Waals surface area contributed by atoms with Crippen molar-refractivity contribution in [3.05, 3.63) is 76.4 Å². The average molecular weight is 489 g/mol. The third-order valence-corrected chi connectivity index (χ3v) is 5.87. The number of hydrogen-bond donors (Lipinski definition) is 2. The van der Waals surface area contributed by atoms with Crippen LogP contribution in [0.25, 0.3) is 0 Å². The number of sulfone groups is 1. The molecule has 0 radical (unpaired) electrons. The van der Waals surface area contributed by atoms with E-state index in [4.69, 9.17) is 9.26 Å². The van der Waals surface area contributed by atoms with Crippen LogP contribution in [0.2, 0.25) is 0 Å². The Labute approximate surface area is 193 Å². The van der Waals surface area contributed by atoms with Crippen molar-refractivity contribution in [3.63, 3.8) is 0 Å². The number of benzene rings is 2. The molecule has 3 rings (SSSR count). The van der Waals surface area contributed by atoms with E-state index >= 15 is 0 Å². The summed E-state index contributed by atoms with van der Waals surface area (Å²) in [6, 6.07) is 13.3. The van der Waals surface area contributed by atoms with Gasteiger partial charge in [0, 0.05) is 19.2 Å². The van der Waals surface area contributed by atoms with Crippen LogP contribution in [0.3, 0.4) is 0 Å². The third-order valence-electron chi connectivity index (χ3n) is 4.24. The summed E-state index contributed by atoms with van der Waals surface area (Å²) in [5, 5.41) is 19.3. The van der Waals surface area contributed by atoms with Gasteiger partial charge in [0.15, 0.2) is 28.0 Å². The summed E-state index contributed by atoms with van der Waals surface area (Å²) < 4.78 is 34.7. The van der Waals surface area contributed by atoms with Crippen LogP contribution in [0, 0.1) is 10.1 Å². The van der Waals surface area contributed by atoms with Gasteiger partial charge in [-0.15, -0.1) is 0 Å². The monoisotopic (exact) mass is 489 g/mol. The minimum Gasteiger partial charge on any atom is -0.477 e. The predicted molar refractivity (Wildman–Crippen MR) is 116 cm³/mol. The predicted octanol–water partition coefficient (Wildman–Crippen LogP) is 0.877. The fraction of sp³-hybridized carbons (Fsp3) is 0.200. The summed E-state index contributed by atoms with van der Waals surface area (Å²) in [6.07, 6.45) is 0. The van der Waals surface area contributed by atoms with Crippen LogP contribution in [-0.2, 0) is 20.4 Å². The molecule has 0 spiro atoms. The first-order chi connectivity index (χ1) is 16.3. The minimum atomic E-state index is -3.70. The number of ether oxygens (including phenoxy) is 1. The van der Waals surface area contributed by atoms with Crippen LogP contribution in [0.1, 0.15) is 16.5 Å². The first-order valence-corrected chi connectivity index (χ1v) is 11.4. The van der Waals surface area contributed by atoms with E-state index in [0.29, 0.717) is 0 Å². The first kappa shape index (κ1) is 24.3. The lowest BCUT2D eigenvalue weighted by Crippen LogP contribution is -2.36. The Kier molecular flexibility index (Phi) is 7.87. The number of nitro groups is 1. The molecule has 0 atom stereocenters. The molecule has 0 aliphatic rings. The molecule has 1 aromatic heterocycles. The molecular formula is C20H19N5O8S. The summed E-state index contributed by atoms with van der Waals surface area (Å²) in [5.74, 6) is -2.49. The Morgan fingerprint density at radius 1 is 1.03 bits per heavy atom. The van der Waals surface area contributed by atoms with Crippen molar-refractivity contribution < 1.29 is 32.2 Å². The van der Waals surface area contributed by atoms with Crippen LogP contribution in [0.4, 0.5) is 5.69 Å². The van der Waals surface area contributed by atoms with Crippen molar-refractivity contribution in [2.24, 2.45) is 0 Å². The Balaban J connectivity index is 1.41. The number of carbonyl (C=O) groups excluding carboxylic acids is 2. The molecule has 2 amide bonds. The molecule has 1 heterocycles. The van der Waals surface area contributed by atoms with Gasteiger partial charge in [-0.3, -0.25) is 19.7 Å². The highest BCUT2D eigenvalue weighted by molar-refractivity contribution is 7.90. The number of carbonyl (C=O) groups is 2. The molecule has 0 aliphatic heterocycles. The maximum Gasteiger partial charge on any atom is 0.315 e. The molecule has 0 saturated heterocycles. The number of nitro benzene ring substituents is 1. The molecule has 2 aromatic carbocycles. The Bertz CT molecular complexity index is 1280. The molecule has 0 bridgehead atoms. The number of rotatable bonds is 11.